The number of hydrogen-bond acceptors (Lipinski definition) is 3. The highest BCUT2D eigenvalue weighted by molar-refractivity contribution is 5.76. The maximum absolute atomic E-state index is 11.3. The van der Waals surface area contributed by atoms with Gasteiger partial charge in [-0.2, -0.15) is 0 Å². The van der Waals surface area contributed by atoms with E-state index in [4.69, 9.17) is 4.74 Å². The number of anilines is 1. The molecular formula is C17H17NO3. The number of ether oxygens (including phenoxy) is 1. The van der Waals surface area contributed by atoms with E-state index in [9.17, 15) is 9.90 Å². The number of carbonyl (C=O) groups is 1. The average molecular weight is 283 g/mol. The molecule has 108 valence electrons. The van der Waals surface area contributed by atoms with Gasteiger partial charge in [-0.25, -0.2) is 4.79 Å². The molecule has 4 nitrogen and oxygen atoms in total. The molecule has 0 unspecified atom stereocenters. The number of benzene rings is 2. The second-order valence-electron chi connectivity index (χ2n) is 5.28. The highest BCUT2D eigenvalue weighted by atomic mass is 16.5. The number of aryl methyl sites for hydroxylation is 1. The topological polar surface area (TPSA) is 49.8 Å². The Hall–Kier alpha value is -2.49. The molecule has 0 spiro atoms. The van der Waals surface area contributed by atoms with Crippen molar-refractivity contribution in [3.63, 3.8) is 0 Å². The molecule has 3 rings (SSSR count). The third-order valence-corrected chi connectivity index (χ3v) is 3.63. The lowest BCUT2D eigenvalue weighted by Gasteiger charge is -2.34. The molecular weight excluding hydrogens is 266 g/mol. The number of rotatable bonds is 3. The fraction of sp³-hybridized carbons (Fsp3) is 0.235. The molecule has 1 aliphatic rings. The van der Waals surface area contributed by atoms with Crippen LogP contribution >= 0.6 is 0 Å². The summed E-state index contributed by atoms with van der Waals surface area (Å²) in [6, 6.07) is 15.8. The third-order valence-electron chi connectivity index (χ3n) is 3.63. The average Bonchev–Trinajstić information content (AvgIpc) is 2.49. The molecule has 0 saturated heterocycles. The molecule has 2 aromatic carbocycles. The van der Waals surface area contributed by atoms with Crippen LogP contribution in [0, 0.1) is 6.92 Å². The summed E-state index contributed by atoms with van der Waals surface area (Å²) in [5, 5.41) is 9.23. The molecule has 2 aromatic rings. The maximum Gasteiger partial charge on any atom is 0.346 e. The first-order chi connectivity index (χ1) is 10.1. The van der Waals surface area contributed by atoms with Gasteiger partial charge in [0.05, 0.1) is 12.2 Å². The van der Waals surface area contributed by atoms with Gasteiger partial charge in [0, 0.05) is 6.54 Å². The monoisotopic (exact) mass is 283 g/mol. The van der Waals surface area contributed by atoms with Gasteiger partial charge in [0.1, 0.15) is 5.75 Å². The van der Waals surface area contributed by atoms with Gasteiger partial charge >= 0.3 is 5.97 Å². The molecule has 1 N–H and O–H groups in total. The Morgan fingerprint density at radius 3 is 2.67 bits per heavy atom. The summed E-state index contributed by atoms with van der Waals surface area (Å²) in [6.45, 7) is 3.07. The van der Waals surface area contributed by atoms with Crippen molar-refractivity contribution in [1.82, 2.24) is 0 Å². The van der Waals surface area contributed by atoms with Crippen molar-refractivity contribution >= 4 is 11.7 Å². The third kappa shape index (κ3) is 2.84. The van der Waals surface area contributed by atoms with Gasteiger partial charge in [0.15, 0.2) is 0 Å². The highest BCUT2D eigenvalue weighted by Crippen LogP contribution is 2.34. The predicted molar refractivity (Wildman–Crippen MR) is 80.7 cm³/mol. The molecule has 1 aliphatic heterocycles. The Kier molecular flexibility index (Phi) is 3.52. The van der Waals surface area contributed by atoms with Gasteiger partial charge in [-0.3, -0.25) is 0 Å². The Morgan fingerprint density at radius 1 is 1.24 bits per heavy atom. The van der Waals surface area contributed by atoms with Crippen LogP contribution in [0.1, 0.15) is 11.1 Å². The molecule has 0 aliphatic carbocycles. The smallest absolute Gasteiger partial charge is 0.346 e. The van der Waals surface area contributed by atoms with Crippen LogP contribution in [0.2, 0.25) is 0 Å². The Bertz CT molecular complexity index is 651. The van der Waals surface area contributed by atoms with E-state index in [1.54, 1.807) is 0 Å². The largest absolute Gasteiger partial charge is 0.478 e. The van der Waals surface area contributed by atoms with E-state index in [0.717, 1.165) is 11.3 Å². The zero-order chi connectivity index (χ0) is 14.8. The molecule has 0 aromatic heterocycles. The van der Waals surface area contributed by atoms with E-state index in [0.29, 0.717) is 18.8 Å². The fourth-order valence-electron chi connectivity index (χ4n) is 2.50. The van der Waals surface area contributed by atoms with Crippen LogP contribution in [0.5, 0.6) is 5.75 Å². The zero-order valence-corrected chi connectivity index (χ0v) is 11.8. The highest BCUT2D eigenvalue weighted by Gasteiger charge is 2.30. The lowest BCUT2D eigenvalue weighted by molar-refractivity contribution is -0.144. The maximum atomic E-state index is 11.3. The number of para-hydroxylation sites is 2. The summed E-state index contributed by atoms with van der Waals surface area (Å²) >= 11 is 0. The fourth-order valence-corrected chi connectivity index (χ4v) is 2.50. The van der Waals surface area contributed by atoms with Crippen LogP contribution in [-0.4, -0.2) is 23.7 Å². The molecule has 0 radical (unpaired) electrons. The SMILES string of the molecule is Cc1ccc(CN2C[C@@H](C(=O)O)Oc3ccccc32)cc1. The molecule has 0 saturated carbocycles. The van der Waals surface area contributed by atoms with Crippen LogP contribution in [0.4, 0.5) is 5.69 Å². The summed E-state index contributed by atoms with van der Waals surface area (Å²) in [7, 11) is 0. The van der Waals surface area contributed by atoms with Crippen molar-refractivity contribution in [2.24, 2.45) is 0 Å². The van der Waals surface area contributed by atoms with Crippen molar-refractivity contribution in [3.8, 4) is 5.75 Å². The molecule has 21 heavy (non-hydrogen) atoms. The summed E-state index contributed by atoms with van der Waals surface area (Å²) in [4.78, 5) is 13.3. The van der Waals surface area contributed by atoms with Crippen LogP contribution in [0.3, 0.4) is 0 Å². The summed E-state index contributed by atoms with van der Waals surface area (Å²) in [6.07, 6.45) is -0.828. The van der Waals surface area contributed by atoms with E-state index in [1.165, 1.54) is 5.56 Å². The minimum absolute atomic E-state index is 0.347. The first kappa shape index (κ1) is 13.5. The minimum atomic E-state index is -0.932. The number of hydrogen-bond donors (Lipinski definition) is 1. The van der Waals surface area contributed by atoms with Crippen LogP contribution in [0.25, 0.3) is 0 Å². The van der Waals surface area contributed by atoms with Crippen LogP contribution in [0.15, 0.2) is 48.5 Å². The van der Waals surface area contributed by atoms with Crippen LogP contribution in [-0.2, 0) is 11.3 Å². The standard InChI is InChI=1S/C17H17NO3/c1-12-6-8-13(9-7-12)10-18-11-16(17(19)20)21-15-5-3-2-4-14(15)18/h2-9,16H,10-11H2,1H3,(H,19,20)/t16-/m0/s1. The second kappa shape index (κ2) is 5.48. The number of nitrogens with zero attached hydrogens (tertiary/aromatic N) is 1. The van der Waals surface area contributed by atoms with Crippen molar-refractivity contribution in [3.05, 3.63) is 59.7 Å². The van der Waals surface area contributed by atoms with Gasteiger partial charge in [-0.1, -0.05) is 42.0 Å². The van der Waals surface area contributed by atoms with Crippen molar-refractivity contribution in [2.45, 2.75) is 19.6 Å². The molecule has 1 atom stereocenters. The summed E-state index contributed by atoms with van der Waals surface area (Å²) in [5.74, 6) is -0.304. The summed E-state index contributed by atoms with van der Waals surface area (Å²) < 4.78 is 5.54. The zero-order valence-electron chi connectivity index (χ0n) is 11.8. The predicted octanol–water partition coefficient (Wildman–Crippen LogP) is 2.85. The van der Waals surface area contributed by atoms with Gasteiger partial charge in [-0.15, -0.1) is 0 Å². The molecule has 1 heterocycles. The summed E-state index contributed by atoms with van der Waals surface area (Å²) in [5.41, 5.74) is 3.31. The van der Waals surface area contributed by atoms with Crippen molar-refractivity contribution < 1.29 is 14.6 Å². The van der Waals surface area contributed by atoms with Crippen LogP contribution < -0.4 is 9.64 Å². The lowest BCUT2D eigenvalue weighted by atomic mass is 10.1. The first-order valence-corrected chi connectivity index (χ1v) is 6.92. The van der Waals surface area contributed by atoms with Gasteiger partial charge in [0.25, 0.3) is 0 Å². The Morgan fingerprint density at radius 2 is 1.95 bits per heavy atom. The minimum Gasteiger partial charge on any atom is -0.478 e. The number of carboxylic acids is 1. The quantitative estimate of drug-likeness (QED) is 0.941. The molecule has 0 amide bonds. The normalized spacial score (nSPS) is 17.0. The number of fused-ring (bicyclic) bond motifs is 1. The first-order valence-electron chi connectivity index (χ1n) is 6.92. The van der Waals surface area contributed by atoms with Gasteiger partial charge in [-0.05, 0) is 24.6 Å². The van der Waals surface area contributed by atoms with E-state index in [-0.39, 0.29) is 0 Å². The molecule has 0 fully saturated rings. The van der Waals surface area contributed by atoms with Gasteiger partial charge < -0.3 is 14.7 Å². The molecule has 4 heteroatoms. The Labute approximate surface area is 123 Å². The Balaban J connectivity index is 1.89. The second-order valence-corrected chi connectivity index (χ2v) is 5.28. The van der Waals surface area contributed by atoms with E-state index >= 15 is 0 Å². The van der Waals surface area contributed by atoms with Gasteiger partial charge in [0.2, 0.25) is 6.10 Å². The lowest BCUT2D eigenvalue weighted by Crippen LogP contribution is -2.44. The van der Waals surface area contributed by atoms with E-state index in [2.05, 4.69) is 29.2 Å². The van der Waals surface area contributed by atoms with E-state index in [1.807, 2.05) is 31.2 Å². The van der Waals surface area contributed by atoms with E-state index < -0.39 is 12.1 Å². The van der Waals surface area contributed by atoms with Crippen molar-refractivity contribution in [2.75, 3.05) is 11.4 Å². The van der Waals surface area contributed by atoms with Crippen molar-refractivity contribution in [1.29, 1.82) is 0 Å². The number of carboxylic acid groups (broad SMARTS) is 1. The number of aliphatic carboxylic acids is 1. The molecule has 0 bridgehead atoms.